The number of rotatable bonds is 4. The average Bonchev–Trinajstić information content (AvgIpc) is 3.21. The van der Waals surface area contributed by atoms with Crippen LogP contribution in [0.4, 0.5) is 5.69 Å². The summed E-state index contributed by atoms with van der Waals surface area (Å²) < 4.78 is 11.4. The van der Waals surface area contributed by atoms with Crippen molar-refractivity contribution in [2.45, 2.75) is 6.54 Å². The first kappa shape index (κ1) is 13.8. The summed E-state index contributed by atoms with van der Waals surface area (Å²) >= 11 is 5.85. The number of para-hydroxylation sites is 1. The lowest BCUT2D eigenvalue weighted by molar-refractivity contribution is 0.494. The lowest BCUT2D eigenvalue weighted by Gasteiger charge is -2.02. The normalized spacial score (nSPS) is 11.0. The Morgan fingerprint density at radius 1 is 0.957 bits per heavy atom. The van der Waals surface area contributed by atoms with Crippen molar-refractivity contribution in [3.05, 3.63) is 65.5 Å². The molecule has 4 aromatic rings. The molecule has 0 radical (unpaired) electrons. The van der Waals surface area contributed by atoms with Crippen molar-refractivity contribution < 1.29 is 8.83 Å². The van der Waals surface area contributed by atoms with Gasteiger partial charge in [0.15, 0.2) is 5.76 Å². The van der Waals surface area contributed by atoms with E-state index in [1.54, 1.807) is 0 Å². The predicted molar refractivity (Wildman–Crippen MR) is 88.3 cm³/mol. The SMILES string of the molecule is Clc1ccc(NCc2nnc(-c3cc4ccccc4o3)o2)cc1. The molecule has 2 aromatic heterocycles. The molecule has 1 N–H and O–H groups in total. The Morgan fingerprint density at radius 3 is 2.61 bits per heavy atom. The van der Waals surface area contributed by atoms with Crippen LogP contribution in [0.3, 0.4) is 0 Å². The van der Waals surface area contributed by atoms with E-state index >= 15 is 0 Å². The summed E-state index contributed by atoms with van der Waals surface area (Å²) in [6.45, 7) is 0.425. The first-order valence-corrected chi connectivity index (χ1v) is 7.46. The predicted octanol–water partition coefficient (Wildman–Crippen LogP) is 4.75. The van der Waals surface area contributed by atoms with E-state index in [2.05, 4.69) is 15.5 Å². The summed E-state index contributed by atoms with van der Waals surface area (Å²) in [5.41, 5.74) is 1.72. The maximum Gasteiger partial charge on any atom is 0.283 e. The molecule has 2 aromatic carbocycles. The lowest BCUT2D eigenvalue weighted by atomic mass is 10.2. The van der Waals surface area contributed by atoms with Crippen LogP contribution in [0.15, 0.2) is 63.4 Å². The Balaban J connectivity index is 1.51. The highest BCUT2D eigenvalue weighted by Gasteiger charge is 2.13. The van der Waals surface area contributed by atoms with Crippen molar-refractivity contribution in [2.75, 3.05) is 5.32 Å². The number of furan rings is 1. The van der Waals surface area contributed by atoms with Crippen LogP contribution >= 0.6 is 11.6 Å². The van der Waals surface area contributed by atoms with E-state index in [-0.39, 0.29) is 0 Å². The number of hydrogen-bond donors (Lipinski definition) is 1. The molecular formula is C17H12ClN3O2. The van der Waals surface area contributed by atoms with Gasteiger partial charge in [-0.05, 0) is 36.4 Å². The summed E-state index contributed by atoms with van der Waals surface area (Å²) in [5, 5.41) is 13.0. The monoisotopic (exact) mass is 325 g/mol. The van der Waals surface area contributed by atoms with Crippen molar-refractivity contribution in [1.29, 1.82) is 0 Å². The van der Waals surface area contributed by atoms with Gasteiger partial charge in [0.1, 0.15) is 5.58 Å². The van der Waals surface area contributed by atoms with Gasteiger partial charge >= 0.3 is 0 Å². The fraction of sp³-hybridized carbons (Fsp3) is 0.0588. The second-order valence-electron chi connectivity index (χ2n) is 5.01. The van der Waals surface area contributed by atoms with Crippen molar-refractivity contribution in [2.24, 2.45) is 0 Å². The van der Waals surface area contributed by atoms with Gasteiger partial charge < -0.3 is 14.2 Å². The third-order valence-electron chi connectivity index (χ3n) is 3.39. The molecular weight excluding hydrogens is 314 g/mol. The van der Waals surface area contributed by atoms with Gasteiger partial charge in [-0.3, -0.25) is 0 Å². The average molecular weight is 326 g/mol. The fourth-order valence-electron chi connectivity index (χ4n) is 2.26. The maximum atomic E-state index is 5.85. The van der Waals surface area contributed by atoms with Crippen LogP contribution in [0.25, 0.3) is 22.6 Å². The summed E-state index contributed by atoms with van der Waals surface area (Å²) in [6.07, 6.45) is 0. The highest BCUT2D eigenvalue weighted by Crippen LogP contribution is 2.26. The smallest absolute Gasteiger partial charge is 0.283 e. The Morgan fingerprint density at radius 2 is 1.78 bits per heavy atom. The first-order chi connectivity index (χ1) is 11.3. The molecule has 0 spiro atoms. The second kappa shape index (κ2) is 5.78. The molecule has 0 aliphatic rings. The highest BCUT2D eigenvalue weighted by molar-refractivity contribution is 6.30. The largest absolute Gasteiger partial charge is 0.451 e. The van der Waals surface area contributed by atoms with Crippen molar-refractivity contribution in [3.63, 3.8) is 0 Å². The summed E-state index contributed by atoms with van der Waals surface area (Å²) in [4.78, 5) is 0. The van der Waals surface area contributed by atoms with Gasteiger partial charge in [0.05, 0.1) is 6.54 Å². The first-order valence-electron chi connectivity index (χ1n) is 7.09. The molecule has 0 saturated carbocycles. The Bertz CT molecular complexity index is 911. The number of nitrogens with zero attached hydrogens (tertiary/aromatic N) is 2. The number of aromatic nitrogens is 2. The molecule has 114 valence electrons. The number of benzene rings is 2. The van der Waals surface area contributed by atoms with Gasteiger partial charge in [-0.2, -0.15) is 0 Å². The molecule has 0 amide bonds. The topological polar surface area (TPSA) is 64.1 Å². The number of fused-ring (bicyclic) bond motifs is 1. The van der Waals surface area contributed by atoms with Crippen molar-refractivity contribution in [1.82, 2.24) is 10.2 Å². The number of halogens is 1. The number of hydrogen-bond acceptors (Lipinski definition) is 5. The van der Waals surface area contributed by atoms with Gasteiger partial charge in [0.25, 0.3) is 5.89 Å². The Kier molecular flexibility index (Phi) is 3.48. The van der Waals surface area contributed by atoms with Crippen molar-refractivity contribution >= 4 is 28.3 Å². The molecule has 0 aliphatic carbocycles. The zero-order valence-electron chi connectivity index (χ0n) is 12.0. The minimum atomic E-state index is 0.370. The minimum Gasteiger partial charge on any atom is -0.451 e. The van der Waals surface area contributed by atoms with E-state index in [1.165, 1.54) is 0 Å². The van der Waals surface area contributed by atoms with Crippen LogP contribution < -0.4 is 5.32 Å². The molecule has 0 unspecified atom stereocenters. The van der Waals surface area contributed by atoms with E-state index in [4.69, 9.17) is 20.4 Å². The van der Waals surface area contributed by atoms with Crippen LogP contribution in [0.5, 0.6) is 0 Å². The van der Waals surface area contributed by atoms with Gasteiger partial charge in [0, 0.05) is 16.1 Å². The fourth-order valence-corrected chi connectivity index (χ4v) is 2.38. The van der Waals surface area contributed by atoms with Gasteiger partial charge in [0.2, 0.25) is 5.89 Å². The van der Waals surface area contributed by atoms with E-state index in [1.807, 2.05) is 54.6 Å². The van der Waals surface area contributed by atoms with E-state index in [0.29, 0.717) is 29.1 Å². The third-order valence-corrected chi connectivity index (χ3v) is 3.64. The summed E-state index contributed by atoms with van der Waals surface area (Å²) in [7, 11) is 0. The highest BCUT2D eigenvalue weighted by atomic mass is 35.5. The molecule has 0 aliphatic heterocycles. The molecule has 5 nitrogen and oxygen atoms in total. The zero-order chi connectivity index (χ0) is 15.6. The lowest BCUT2D eigenvalue weighted by Crippen LogP contribution is -1.99. The van der Waals surface area contributed by atoms with Crippen LogP contribution in [0.1, 0.15) is 5.89 Å². The molecule has 2 heterocycles. The van der Waals surface area contributed by atoms with E-state index in [0.717, 1.165) is 16.7 Å². The van der Waals surface area contributed by atoms with Gasteiger partial charge in [-0.25, -0.2) is 0 Å². The number of nitrogens with one attached hydrogen (secondary N) is 1. The molecule has 0 atom stereocenters. The zero-order valence-corrected chi connectivity index (χ0v) is 12.7. The van der Waals surface area contributed by atoms with Crippen LogP contribution in [-0.2, 0) is 6.54 Å². The molecule has 0 fully saturated rings. The standard InChI is InChI=1S/C17H12ClN3O2/c18-12-5-7-13(8-6-12)19-10-16-20-21-17(23-16)15-9-11-3-1-2-4-14(11)22-15/h1-9,19H,10H2. The van der Waals surface area contributed by atoms with Gasteiger partial charge in [-0.1, -0.05) is 29.8 Å². The van der Waals surface area contributed by atoms with Crippen LogP contribution in [0, 0.1) is 0 Å². The van der Waals surface area contributed by atoms with Crippen LogP contribution in [0.2, 0.25) is 5.02 Å². The molecule has 6 heteroatoms. The molecule has 0 bridgehead atoms. The summed E-state index contributed by atoms with van der Waals surface area (Å²) in [5.74, 6) is 1.42. The van der Waals surface area contributed by atoms with Crippen LogP contribution in [-0.4, -0.2) is 10.2 Å². The van der Waals surface area contributed by atoms with E-state index < -0.39 is 0 Å². The van der Waals surface area contributed by atoms with Crippen molar-refractivity contribution in [3.8, 4) is 11.7 Å². The Labute approximate surface area is 136 Å². The molecule has 23 heavy (non-hydrogen) atoms. The van der Waals surface area contributed by atoms with E-state index in [9.17, 15) is 0 Å². The molecule has 4 rings (SSSR count). The quantitative estimate of drug-likeness (QED) is 0.586. The number of anilines is 1. The second-order valence-corrected chi connectivity index (χ2v) is 5.45. The third kappa shape index (κ3) is 2.91. The summed E-state index contributed by atoms with van der Waals surface area (Å²) in [6, 6.07) is 17.0. The maximum absolute atomic E-state index is 5.85. The molecule has 0 saturated heterocycles. The Hall–Kier alpha value is -2.79. The minimum absolute atomic E-state index is 0.370. The van der Waals surface area contributed by atoms with Gasteiger partial charge in [-0.15, -0.1) is 10.2 Å².